The average molecular weight is 1820 g/mol. The van der Waals surface area contributed by atoms with E-state index in [1.807, 2.05) is 142 Å². The number of pyridine rings is 5. The van der Waals surface area contributed by atoms with E-state index in [9.17, 15) is 24.0 Å². The van der Waals surface area contributed by atoms with Crippen LogP contribution < -0.4 is 55.4 Å². The Morgan fingerprint density at radius 1 is 0.610 bits per heavy atom. The number of anilines is 3. The van der Waals surface area contributed by atoms with Crippen LogP contribution in [0.3, 0.4) is 0 Å². The summed E-state index contributed by atoms with van der Waals surface area (Å²) >= 11 is 23.2. The molecule has 123 heavy (non-hydrogen) atoms. The van der Waals surface area contributed by atoms with Gasteiger partial charge in [-0.3, -0.25) is 38.2 Å². The van der Waals surface area contributed by atoms with E-state index in [0.29, 0.717) is 61.9 Å². The molecular weight excluding hydrogens is 1730 g/mol. The number of ether oxygens (including phenoxy) is 1. The zero-order valence-corrected chi connectivity index (χ0v) is 74.4. The van der Waals surface area contributed by atoms with Crippen LogP contribution in [0.1, 0.15) is 106 Å². The molecule has 0 aliphatic carbocycles. The molecule has 11 N–H and O–H groups in total. The van der Waals surface area contributed by atoms with Gasteiger partial charge in [-0.15, -0.1) is 0 Å². The molecule has 5 aromatic carbocycles. The van der Waals surface area contributed by atoms with Gasteiger partial charge in [0.25, 0.3) is 5.91 Å². The van der Waals surface area contributed by atoms with E-state index >= 15 is 0 Å². The molecule has 3 amide bonds. The number of benzene rings is 5. The summed E-state index contributed by atoms with van der Waals surface area (Å²) in [5.74, 6) is 1.25. The number of hydrogen-bond donors (Lipinski definition) is 7. The van der Waals surface area contributed by atoms with Gasteiger partial charge in [-0.05, 0) is 99.9 Å². The van der Waals surface area contributed by atoms with Crippen LogP contribution in [0.5, 0.6) is 5.75 Å². The Labute approximate surface area is 757 Å². The second-order valence-electron chi connectivity index (χ2n) is 25.8. The maximum atomic E-state index is 12.4. The smallest absolute Gasteiger partial charge is 1.00 e. The van der Waals surface area contributed by atoms with Crippen molar-refractivity contribution in [3.8, 4) is 17.0 Å². The Morgan fingerprint density at radius 3 is 1.56 bits per heavy atom. The van der Waals surface area contributed by atoms with Crippen LogP contribution in [0.15, 0.2) is 259 Å². The molecule has 0 saturated carbocycles. The summed E-state index contributed by atoms with van der Waals surface area (Å²) in [5, 5.41) is 30.6. The van der Waals surface area contributed by atoms with Crippen molar-refractivity contribution in [2.24, 2.45) is 5.73 Å². The van der Waals surface area contributed by atoms with Gasteiger partial charge in [-0.1, -0.05) is 178 Å². The number of carbonyl (C=O) groups excluding carboxylic acids is 5. The number of ketones is 1. The molecule has 2 aliphatic heterocycles. The van der Waals surface area contributed by atoms with E-state index in [4.69, 9.17) is 87.8 Å². The van der Waals surface area contributed by atoms with E-state index in [0.717, 1.165) is 66.7 Å². The number of aromatic nitrogens is 11. The minimum Gasteiger partial charge on any atom is -1.00 e. The first-order valence-electron chi connectivity index (χ1n) is 36.7. The SMILES string of the molecule is CN.CN1C(=O)Oc2cnc(Cl)cc2C1c1ccccc1.CNC(c1ccccc1)c1cc(Cl)ncc1N.CON(C)C(=O)c1cc(Cl)ncc1N.Cc1noc(C)c1-c1cc2c(cn1)CC(=O)N(C)C2c1ccccc1.Cc1noc(C)c1B(O)O.Nc1cnc(Cl)cc1C(=O)c1ccccc1.O=C(n1ccnc1)n1ccnc1.[Br-].[Mg+2].[c-]1ccccc1. The number of carbonyl (C=O) groups is 5. The van der Waals surface area contributed by atoms with Crippen molar-refractivity contribution in [1.82, 2.24) is 74.5 Å². The summed E-state index contributed by atoms with van der Waals surface area (Å²) in [6.45, 7) is 7.10. The zero-order chi connectivity index (χ0) is 87.8. The minimum absolute atomic E-state index is 0. The Balaban J connectivity index is 0.000000221. The predicted octanol–water partition coefficient (Wildman–Crippen LogP) is 10.1. The minimum atomic E-state index is -1.48. The van der Waals surface area contributed by atoms with Crippen LogP contribution in [0, 0.1) is 33.8 Å². The molecule has 0 bridgehead atoms. The van der Waals surface area contributed by atoms with Crippen LogP contribution in [-0.2, 0) is 16.1 Å². The van der Waals surface area contributed by atoms with Crippen molar-refractivity contribution in [2.45, 2.75) is 52.2 Å². The molecule has 0 spiro atoms. The quantitative estimate of drug-likeness (QED) is 0.0208. The number of aryl methyl sites for hydroxylation is 4. The van der Waals surface area contributed by atoms with Crippen LogP contribution >= 0.6 is 46.4 Å². The Bertz CT molecular complexity index is 5570. The number of amides is 3. The van der Waals surface area contributed by atoms with E-state index in [2.05, 4.69) is 97.2 Å². The molecule has 16 rings (SSSR count). The van der Waals surface area contributed by atoms with Crippen molar-refractivity contribution in [1.29, 1.82) is 0 Å². The largest absolute Gasteiger partial charge is 2.00 e. The molecule has 3 unspecified atom stereocenters. The summed E-state index contributed by atoms with van der Waals surface area (Å²) in [4.78, 5) is 95.0. The number of nitrogens with zero attached hydrogens (tertiary/aromatic N) is 14. The fraction of sp³-hybridized carbons (Fsp3) is 0.163. The first kappa shape index (κ1) is 99.7. The molecule has 632 valence electrons. The van der Waals surface area contributed by atoms with Gasteiger partial charge in [0.2, 0.25) is 5.91 Å². The zero-order valence-electron chi connectivity index (χ0n) is 68.4. The van der Waals surface area contributed by atoms with Crippen LogP contribution in [0.4, 0.5) is 26.7 Å². The van der Waals surface area contributed by atoms with Gasteiger partial charge in [0.05, 0.1) is 107 Å². The van der Waals surface area contributed by atoms with E-state index in [1.165, 1.54) is 73.7 Å². The first-order valence-corrected chi connectivity index (χ1v) is 38.2. The first-order chi connectivity index (χ1) is 58.2. The number of hydroxylamine groups is 2. The number of imidazole rings is 2. The molecule has 3 atom stereocenters. The number of rotatable bonds is 11. The molecule has 37 heteroatoms. The van der Waals surface area contributed by atoms with Crippen LogP contribution in [0.25, 0.3) is 11.3 Å². The van der Waals surface area contributed by atoms with E-state index in [1.54, 1.807) is 93.2 Å². The number of fused-ring (bicyclic) bond motifs is 2. The molecule has 0 fully saturated rings. The Kier molecular flexibility index (Phi) is 40.3. The second-order valence-corrected chi connectivity index (χ2v) is 27.4. The van der Waals surface area contributed by atoms with Crippen molar-refractivity contribution in [2.75, 3.05) is 59.5 Å². The topological polar surface area (TPSA) is 422 Å². The van der Waals surface area contributed by atoms with Crippen molar-refractivity contribution in [3.05, 3.63) is 356 Å². The molecule has 14 aromatic rings. The summed E-state index contributed by atoms with van der Waals surface area (Å²) in [6, 6.07) is 59.3. The summed E-state index contributed by atoms with van der Waals surface area (Å²) < 4.78 is 17.9. The molecular formula is C86H87BBrCl4MgN19O11. The number of nitrogens with one attached hydrogen (secondary N) is 1. The second kappa shape index (κ2) is 49.7. The number of halogens is 5. The standard InChI is InChI=1S/C20H19N3O2.C14H11ClN2O2.C13H14ClN3.C12H9ClN2O.C8H10ClN3O2.C7H6N4O.C6H5.C5H8BNO3.CH5N.BrH.Mg/c1-12-19(13(2)25-22-12)17-10-16-15(11-21-17)9-18(24)23(3)20(16)14-7-5-4-6-8-14;1-17-13(9-5-3-2-4-6-9)10-7-12(15)16-8-11(10)19-14(17)18;1-16-13(9-5-3-2-4-6-9)10-7-12(14)17-8-11(10)15;13-11-6-9(10(14)7-15-11)12(16)8-4-2-1-3-5-8;1-12(14-2)8(13)5-3-7(9)11-4-6(5)10;12-7(10-3-1-8-5-10)11-4-2-9-6-11;1-2-4-6-5-3-1;1-3-5(6(8)9)4(2)10-7-3;1-2;;/h4-8,10-11,20H,9H2,1-3H3;2-8,13H,1H3;2-8,13,16H,15H2,1H3;1-7H,14H2;3-4H,10H2,1-2H3;1-6H;1-5H;8-9H,1-2H3;2H2,1H3;1H;/q;;;;;;-1;;;;+2/p-1. The van der Waals surface area contributed by atoms with Crippen molar-refractivity contribution < 1.29 is 69.6 Å². The van der Waals surface area contributed by atoms with Gasteiger partial charge in [0, 0.05) is 74.3 Å². The van der Waals surface area contributed by atoms with Gasteiger partial charge >= 0.3 is 42.3 Å². The monoisotopic (exact) mass is 1820 g/mol. The third-order valence-electron chi connectivity index (χ3n) is 17.9. The molecule has 0 saturated heterocycles. The fourth-order valence-electron chi connectivity index (χ4n) is 12.0. The van der Waals surface area contributed by atoms with Gasteiger partial charge < -0.3 is 74.0 Å². The molecule has 9 aromatic heterocycles. The van der Waals surface area contributed by atoms with Gasteiger partial charge in [-0.2, -0.15) is 36.4 Å². The van der Waals surface area contributed by atoms with E-state index in [-0.39, 0.29) is 103 Å². The maximum Gasteiger partial charge on any atom is 2.00 e. The van der Waals surface area contributed by atoms with Crippen LogP contribution in [0.2, 0.25) is 20.6 Å². The molecule has 11 heterocycles. The fourth-order valence-corrected chi connectivity index (χ4v) is 12.7. The Hall–Kier alpha value is -12.1. The summed E-state index contributed by atoms with van der Waals surface area (Å²) in [5.41, 5.74) is 34.7. The average Bonchev–Trinajstić information content (AvgIpc) is 1.75. The van der Waals surface area contributed by atoms with Crippen molar-refractivity contribution >= 4 is 129 Å². The summed E-state index contributed by atoms with van der Waals surface area (Å²) in [7, 11) is 8.35. The van der Waals surface area contributed by atoms with Crippen molar-refractivity contribution in [3.63, 3.8) is 0 Å². The number of hydrogen-bond acceptors (Lipinski definition) is 25. The molecule has 0 radical (unpaired) electrons. The third kappa shape index (κ3) is 27.7. The normalized spacial score (nSPS) is 12.6. The van der Waals surface area contributed by atoms with Gasteiger partial charge in [0.1, 0.15) is 44.8 Å². The van der Waals surface area contributed by atoms with Gasteiger partial charge in [-0.25, -0.2) is 44.6 Å². The third-order valence-corrected chi connectivity index (χ3v) is 18.8. The van der Waals surface area contributed by atoms with Gasteiger partial charge in [0.15, 0.2) is 11.5 Å². The number of nitrogen functional groups attached to an aromatic ring is 3. The number of nitrogens with two attached hydrogens (primary N) is 4. The van der Waals surface area contributed by atoms with Crippen LogP contribution in [-0.4, -0.2) is 181 Å². The Morgan fingerprint density at radius 2 is 1.09 bits per heavy atom. The number of likely N-dealkylation sites (N-methyl/N-ethyl adjacent to an activating group) is 1. The molecule has 2 aliphatic rings. The maximum absolute atomic E-state index is 12.4. The molecule has 30 nitrogen and oxygen atoms in total. The summed E-state index contributed by atoms with van der Waals surface area (Å²) in [6.07, 6.45) is 16.8. The van der Waals surface area contributed by atoms with E-state index < -0.39 is 13.2 Å². The predicted molar refractivity (Wildman–Crippen MR) is 470 cm³/mol.